The molecule has 1 aliphatic heterocycles. The predicted octanol–water partition coefficient (Wildman–Crippen LogP) is 5.10. The predicted molar refractivity (Wildman–Crippen MR) is 125 cm³/mol. The van der Waals surface area contributed by atoms with Crippen LogP contribution in [0.1, 0.15) is 42.6 Å². The molecule has 5 nitrogen and oxygen atoms in total. The highest BCUT2D eigenvalue weighted by Crippen LogP contribution is 2.51. The Kier molecular flexibility index (Phi) is 6.30. The molecule has 2 aromatic carbocycles. The first kappa shape index (κ1) is 25.0. The summed E-state index contributed by atoms with van der Waals surface area (Å²) in [4.78, 5) is 40.8. The first-order valence-corrected chi connectivity index (χ1v) is 11.5. The molecule has 35 heavy (non-hydrogen) atoms. The van der Waals surface area contributed by atoms with Crippen LogP contribution in [0.3, 0.4) is 0 Å². The van der Waals surface area contributed by atoms with Gasteiger partial charge in [0.1, 0.15) is 0 Å². The first-order chi connectivity index (χ1) is 16.4. The van der Waals surface area contributed by atoms with Crippen molar-refractivity contribution in [1.29, 1.82) is 0 Å². The van der Waals surface area contributed by atoms with E-state index in [9.17, 15) is 27.6 Å². The van der Waals surface area contributed by atoms with Crippen LogP contribution >= 0.6 is 11.6 Å². The molecular weight excluding hydrogens is 481 g/mol. The Balaban J connectivity index is 1.80. The molecule has 1 heterocycles. The average Bonchev–Trinajstić information content (AvgIpc) is 3.00. The van der Waals surface area contributed by atoms with E-state index in [2.05, 4.69) is 0 Å². The Morgan fingerprint density at radius 3 is 2.26 bits per heavy atom. The van der Waals surface area contributed by atoms with Gasteiger partial charge in [0.05, 0.1) is 5.57 Å². The third-order valence-electron chi connectivity index (χ3n) is 6.42. The molecule has 2 aromatic rings. The van der Waals surface area contributed by atoms with Gasteiger partial charge >= 0.3 is 6.18 Å². The lowest BCUT2D eigenvalue weighted by Gasteiger charge is -2.35. The van der Waals surface area contributed by atoms with Crippen molar-refractivity contribution >= 4 is 29.2 Å². The molecule has 2 amide bonds. The van der Waals surface area contributed by atoms with Crippen LogP contribution in [-0.4, -0.2) is 40.8 Å². The Labute approximate surface area is 205 Å². The van der Waals surface area contributed by atoms with Crippen molar-refractivity contribution < 1.29 is 27.6 Å². The monoisotopic (exact) mass is 504 g/mol. The van der Waals surface area contributed by atoms with Gasteiger partial charge in [-0.05, 0) is 48.1 Å². The minimum absolute atomic E-state index is 0.0286. The molecule has 1 atom stereocenters. The van der Waals surface area contributed by atoms with E-state index in [4.69, 9.17) is 11.6 Å². The minimum atomic E-state index is -5.24. The van der Waals surface area contributed by atoms with Crippen LogP contribution in [0, 0.1) is 5.41 Å². The van der Waals surface area contributed by atoms with Gasteiger partial charge in [0.25, 0.3) is 11.8 Å². The molecule has 0 unspecified atom stereocenters. The summed E-state index contributed by atoms with van der Waals surface area (Å²) in [5, 5.41) is 2.22. The molecule has 184 valence electrons. The van der Waals surface area contributed by atoms with Crippen LogP contribution in [-0.2, 0) is 16.0 Å². The van der Waals surface area contributed by atoms with Crippen molar-refractivity contribution in [2.24, 2.45) is 5.41 Å². The van der Waals surface area contributed by atoms with Crippen molar-refractivity contribution in [3.05, 3.63) is 82.0 Å². The molecule has 0 saturated carbocycles. The van der Waals surface area contributed by atoms with Crippen LogP contribution in [0.15, 0.2) is 65.9 Å². The molecule has 0 aromatic heterocycles. The van der Waals surface area contributed by atoms with E-state index in [1.165, 1.54) is 24.3 Å². The summed E-state index contributed by atoms with van der Waals surface area (Å²) in [5.41, 5.74) is -4.02. The molecular formula is C26H24ClF3N2O3. The molecule has 0 radical (unpaired) electrons. The number of amides is 2. The maximum absolute atomic E-state index is 14.8. The van der Waals surface area contributed by atoms with Crippen LogP contribution in [0.5, 0.6) is 0 Å². The van der Waals surface area contributed by atoms with E-state index in [-0.39, 0.29) is 37.1 Å². The van der Waals surface area contributed by atoms with Crippen LogP contribution < -0.4 is 5.32 Å². The van der Waals surface area contributed by atoms with Gasteiger partial charge in [0.15, 0.2) is 5.78 Å². The highest BCUT2D eigenvalue weighted by molar-refractivity contribution is 6.30. The molecule has 4 rings (SSSR count). The highest BCUT2D eigenvalue weighted by Gasteiger charge is 2.71. The van der Waals surface area contributed by atoms with Crippen LogP contribution in [0.2, 0.25) is 5.02 Å². The summed E-state index contributed by atoms with van der Waals surface area (Å²) in [6.07, 6.45) is -5.02. The second kappa shape index (κ2) is 8.82. The smallest absolute Gasteiger partial charge is 0.326 e. The van der Waals surface area contributed by atoms with Crippen molar-refractivity contribution in [1.82, 2.24) is 10.2 Å². The van der Waals surface area contributed by atoms with Gasteiger partial charge < -0.3 is 10.2 Å². The number of rotatable bonds is 5. The SMILES string of the molecule is CC1(C)CC(=O)C2=C(C1)N(CCc1ccccc1)C(=O)[C@]2(NC(=O)c1ccc(Cl)cc1)C(F)(F)F. The van der Waals surface area contributed by atoms with Gasteiger partial charge in [-0.25, -0.2) is 0 Å². The van der Waals surface area contributed by atoms with E-state index in [1.54, 1.807) is 26.0 Å². The number of carbonyl (C=O) groups is 3. The van der Waals surface area contributed by atoms with Gasteiger partial charge in [0, 0.05) is 29.2 Å². The number of carbonyl (C=O) groups excluding carboxylic acids is 3. The van der Waals surface area contributed by atoms with Gasteiger partial charge in [-0.1, -0.05) is 55.8 Å². The number of benzene rings is 2. The number of hydrogen-bond acceptors (Lipinski definition) is 3. The molecule has 1 aliphatic carbocycles. The lowest BCUT2D eigenvalue weighted by atomic mass is 9.72. The highest BCUT2D eigenvalue weighted by atomic mass is 35.5. The fourth-order valence-corrected chi connectivity index (χ4v) is 4.92. The summed E-state index contributed by atoms with van der Waals surface area (Å²) in [5.74, 6) is -3.28. The summed E-state index contributed by atoms with van der Waals surface area (Å²) < 4.78 is 44.4. The third-order valence-corrected chi connectivity index (χ3v) is 6.67. The zero-order valence-corrected chi connectivity index (χ0v) is 20.0. The zero-order valence-electron chi connectivity index (χ0n) is 19.2. The summed E-state index contributed by atoms with van der Waals surface area (Å²) >= 11 is 5.83. The molecule has 0 fully saturated rings. The topological polar surface area (TPSA) is 66.5 Å². The molecule has 0 saturated heterocycles. The largest absolute Gasteiger partial charge is 0.425 e. The number of halogens is 4. The Bertz CT molecular complexity index is 1210. The Hall–Kier alpha value is -3.13. The van der Waals surface area contributed by atoms with Crippen molar-refractivity contribution in [2.45, 2.75) is 44.8 Å². The molecule has 0 bridgehead atoms. The molecule has 9 heteroatoms. The number of hydrogen-bond donors (Lipinski definition) is 1. The van der Waals surface area contributed by atoms with Crippen molar-refractivity contribution in [2.75, 3.05) is 6.54 Å². The zero-order chi connectivity index (χ0) is 25.6. The number of alkyl halides is 3. The van der Waals surface area contributed by atoms with Gasteiger partial charge in [-0.3, -0.25) is 14.4 Å². The maximum Gasteiger partial charge on any atom is 0.425 e. The quantitative estimate of drug-likeness (QED) is 0.616. The van der Waals surface area contributed by atoms with Gasteiger partial charge in [0.2, 0.25) is 5.54 Å². The third kappa shape index (κ3) is 4.47. The number of ketones is 1. The van der Waals surface area contributed by atoms with Crippen LogP contribution in [0.25, 0.3) is 0 Å². The lowest BCUT2D eigenvalue weighted by Crippen LogP contribution is -2.66. The number of nitrogens with zero attached hydrogens (tertiary/aromatic N) is 1. The Morgan fingerprint density at radius 2 is 1.66 bits per heavy atom. The van der Waals surface area contributed by atoms with E-state index in [1.807, 2.05) is 23.5 Å². The standard InChI is InChI=1S/C26H24ClF3N2O3/c1-24(2)14-19-21(20(33)15-24)25(26(28,29)30,31-22(34)17-8-10-18(27)11-9-17)23(35)32(19)13-12-16-6-4-3-5-7-16/h3-11H,12-15H2,1-2H3,(H,31,34)/t25-/m0/s1. The minimum Gasteiger partial charge on any atom is -0.326 e. The van der Waals surface area contributed by atoms with E-state index in [0.717, 1.165) is 10.5 Å². The molecule has 1 N–H and O–H groups in total. The second-order valence-electron chi connectivity index (χ2n) is 9.66. The normalized spacial score (nSPS) is 21.8. The summed E-state index contributed by atoms with van der Waals surface area (Å²) in [7, 11) is 0. The number of allylic oxidation sites excluding steroid dienone is 1. The number of nitrogens with one attached hydrogen (secondary N) is 1. The first-order valence-electron chi connectivity index (χ1n) is 11.1. The fraction of sp³-hybridized carbons (Fsp3) is 0.346. The number of Topliss-reactive ketones (excluding diaryl/α,β-unsaturated/α-hetero) is 1. The fourth-order valence-electron chi connectivity index (χ4n) is 4.79. The van der Waals surface area contributed by atoms with Crippen molar-refractivity contribution in [3.8, 4) is 0 Å². The van der Waals surface area contributed by atoms with E-state index >= 15 is 0 Å². The second-order valence-corrected chi connectivity index (χ2v) is 10.1. The summed E-state index contributed by atoms with van der Waals surface area (Å²) in [6.45, 7) is 3.49. The van der Waals surface area contributed by atoms with Crippen LogP contribution in [0.4, 0.5) is 13.2 Å². The molecule has 0 spiro atoms. The van der Waals surface area contributed by atoms with Gasteiger partial charge in [-0.15, -0.1) is 0 Å². The average molecular weight is 505 g/mol. The maximum atomic E-state index is 14.8. The van der Waals surface area contributed by atoms with Crippen molar-refractivity contribution in [3.63, 3.8) is 0 Å². The van der Waals surface area contributed by atoms with Gasteiger partial charge in [-0.2, -0.15) is 13.2 Å². The van der Waals surface area contributed by atoms with E-state index < -0.39 is 40.3 Å². The Morgan fingerprint density at radius 1 is 1.03 bits per heavy atom. The lowest BCUT2D eigenvalue weighted by molar-refractivity contribution is -0.190. The molecule has 2 aliphatic rings. The summed E-state index contributed by atoms with van der Waals surface area (Å²) in [6, 6.07) is 14.3. The van der Waals surface area contributed by atoms with E-state index in [0.29, 0.717) is 5.02 Å².